The molecule has 2 rings (SSSR count). The summed E-state index contributed by atoms with van der Waals surface area (Å²) in [6.07, 6.45) is 6.61. The first-order chi connectivity index (χ1) is 9.58. The molecule has 0 aliphatic heterocycles. The number of pyridine rings is 1. The van der Waals surface area contributed by atoms with E-state index in [0.29, 0.717) is 18.5 Å². The van der Waals surface area contributed by atoms with Crippen LogP contribution >= 0.6 is 0 Å². The van der Waals surface area contributed by atoms with E-state index in [-0.39, 0.29) is 5.56 Å². The monoisotopic (exact) mass is 276 g/mol. The summed E-state index contributed by atoms with van der Waals surface area (Å²) in [5, 5.41) is 12.5. The van der Waals surface area contributed by atoms with Gasteiger partial charge in [0.15, 0.2) is 0 Å². The first kappa shape index (κ1) is 15.0. The predicted octanol–water partition coefficient (Wildman–Crippen LogP) is 3.08. The van der Waals surface area contributed by atoms with E-state index in [9.17, 15) is 4.79 Å². The Kier molecular flexibility index (Phi) is 5.12. The maximum atomic E-state index is 10.8. The lowest BCUT2D eigenvalue weighted by molar-refractivity contribution is 0.0696. The fraction of sp³-hybridized carbons (Fsp3) is 0.625. The number of carbonyl (C=O) groups is 1. The van der Waals surface area contributed by atoms with Crippen LogP contribution in [0.4, 0.5) is 0 Å². The minimum absolute atomic E-state index is 0.242. The molecule has 1 aliphatic rings. The molecule has 0 amide bonds. The van der Waals surface area contributed by atoms with Gasteiger partial charge in [0.05, 0.1) is 11.3 Å². The van der Waals surface area contributed by atoms with Crippen molar-refractivity contribution in [3.63, 3.8) is 0 Å². The van der Waals surface area contributed by atoms with Crippen LogP contribution in [0, 0.1) is 11.8 Å². The second-order valence-electron chi connectivity index (χ2n) is 6.02. The molecule has 1 saturated carbocycles. The number of aromatic nitrogens is 1. The molecule has 0 radical (unpaired) electrons. The van der Waals surface area contributed by atoms with Gasteiger partial charge in [-0.25, -0.2) is 4.79 Å². The standard InChI is InChI=1S/C16H24N2O2/c1-11(2)14-5-3-4-6-15(14)18-10-13-8-7-12(9-17-13)16(19)20/h7-9,11,14-15,18H,3-6,10H2,1-2H3,(H,19,20). The lowest BCUT2D eigenvalue weighted by Crippen LogP contribution is -2.40. The van der Waals surface area contributed by atoms with E-state index in [4.69, 9.17) is 5.11 Å². The fourth-order valence-corrected chi connectivity index (χ4v) is 3.10. The number of carboxylic acids is 1. The molecule has 0 aromatic carbocycles. The molecule has 20 heavy (non-hydrogen) atoms. The normalized spacial score (nSPS) is 22.9. The lowest BCUT2D eigenvalue weighted by Gasteiger charge is -2.35. The Balaban J connectivity index is 1.91. The zero-order valence-electron chi connectivity index (χ0n) is 12.3. The van der Waals surface area contributed by atoms with Gasteiger partial charge in [0.1, 0.15) is 0 Å². The first-order valence-corrected chi connectivity index (χ1v) is 7.49. The van der Waals surface area contributed by atoms with Gasteiger partial charge in [-0.15, -0.1) is 0 Å². The van der Waals surface area contributed by atoms with Crippen molar-refractivity contribution in [3.8, 4) is 0 Å². The zero-order chi connectivity index (χ0) is 14.5. The van der Waals surface area contributed by atoms with Crippen LogP contribution in [0.15, 0.2) is 18.3 Å². The fourth-order valence-electron chi connectivity index (χ4n) is 3.10. The van der Waals surface area contributed by atoms with Crippen molar-refractivity contribution in [1.82, 2.24) is 10.3 Å². The number of aromatic carboxylic acids is 1. The highest BCUT2D eigenvalue weighted by Crippen LogP contribution is 2.30. The van der Waals surface area contributed by atoms with Crippen molar-refractivity contribution in [2.75, 3.05) is 0 Å². The van der Waals surface area contributed by atoms with Crippen LogP contribution in [0.5, 0.6) is 0 Å². The molecule has 4 nitrogen and oxygen atoms in total. The van der Waals surface area contributed by atoms with Gasteiger partial charge >= 0.3 is 5.97 Å². The average Bonchev–Trinajstić information content (AvgIpc) is 2.45. The SMILES string of the molecule is CC(C)C1CCCCC1NCc1ccc(C(=O)O)cn1. The Hall–Kier alpha value is -1.42. The molecular formula is C16H24N2O2. The van der Waals surface area contributed by atoms with Crippen molar-refractivity contribution < 1.29 is 9.90 Å². The summed E-state index contributed by atoms with van der Waals surface area (Å²) in [5.74, 6) is 0.515. The van der Waals surface area contributed by atoms with Crippen molar-refractivity contribution in [2.45, 2.75) is 52.1 Å². The van der Waals surface area contributed by atoms with Gasteiger partial charge in [0.25, 0.3) is 0 Å². The Labute approximate surface area is 120 Å². The molecule has 2 atom stereocenters. The number of hydrogen-bond acceptors (Lipinski definition) is 3. The van der Waals surface area contributed by atoms with Gasteiger partial charge in [-0.3, -0.25) is 4.98 Å². The third-order valence-electron chi connectivity index (χ3n) is 4.29. The molecule has 0 saturated heterocycles. The number of carboxylic acid groups (broad SMARTS) is 1. The van der Waals surface area contributed by atoms with E-state index >= 15 is 0 Å². The summed E-state index contributed by atoms with van der Waals surface area (Å²) in [6, 6.07) is 3.97. The molecule has 1 aromatic heterocycles. The van der Waals surface area contributed by atoms with Gasteiger partial charge in [-0.2, -0.15) is 0 Å². The Morgan fingerprint density at radius 3 is 2.75 bits per heavy atom. The predicted molar refractivity (Wildman–Crippen MR) is 78.6 cm³/mol. The minimum Gasteiger partial charge on any atom is -0.478 e. The highest BCUT2D eigenvalue weighted by atomic mass is 16.4. The molecule has 110 valence electrons. The molecule has 1 fully saturated rings. The molecule has 0 bridgehead atoms. The summed E-state index contributed by atoms with van der Waals surface area (Å²) in [7, 11) is 0. The van der Waals surface area contributed by atoms with Crippen LogP contribution in [0.3, 0.4) is 0 Å². The van der Waals surface area contributed by atoms with Gasteiger partial charge in [-0.1, -0.05) is 26.7 Å². The average molecular weight is 276 g/mol. The molecule has 1 aromatic rings. The second kappa shape index (κ2) is 6.84. The van der Waals surface area contributed by atoms with Gasteiger partial charge in [0.2, 0.25) is 0 Å². The van der Waals surface area contributed by atoms with E-state index in [1.165, 1.54) is 31.9 Å². The number of nitrogens with zero attached hydrogens (tertiary/aromatic N) is 1. The molecule has 2 unspecified atom stereocenters. The molecule has 4 heteroatoms. The quantitative estimate of drug-likeness (QED) is 0.867. The highest BCUT2D eigenvalue weighted by molar-refractivity contribution is 5.87. The minimum atomic E-state index is -0.927. The molecule has 1 heterocycles. The topological polar surface area (TPSA) is 62.2 Å². The first-order valence-electron chi connectivity index (χ1n) is 7.49. The highest BCUT2D eigenvalue weighted by Gasteiger charge is 2.26. The molecule has 2 N–H and O–H groups in total. The van der Waals surface area contributed by atoms with Gasteiger partial charge in [-0.05, 0) is 36.8 Å². The second-order valence-corrected chi connectivity index (χ2v) is 6.02. The molecular weight excluding hydrogens is 252 g/mol. The van der Waals surface area contributed by atoms with Gasteiger partial charge < -0.3 is 10.4 Å². The van der Waals surface area contributed by atoms with Crippen LogP contribution in [-0.2, 0) is 6.54 Å². The third-order valence-corrected chi connectivity index (χ3v) is 4.29. The van der Waals surface area contributed by atoms with Gasteiger partial charge in [0, 0.05) is 18.8 Å². The van der Waals surface area contributed by atoms with E-state index < -0.39 is 5.97 Å². The maximum absolute atomic E-state index is 10.8. The Morgan fingerprint density at radius 1 is 1.40 bits per heavy atom. The van der Waals surface area contributed by atoms with Crippen LogP contribution in [0.1, 0.15) is 55.6 Å². The number of rotatable bonds is 5. The van der Waals surface area contributed by atoms with E-state index in [1.807, 2.05) is 0 Å². The van der Waals surface area contributed by atoms with Crippen molar-refractivity contribution in [3.05, 3.63) is 29.6 Å². The summed E-state index contributed by atoms with van der Waals surface area (Å²) < 4.78 is 0. The lowest BCUT2D eigenvalue weighted by atomic mass is 9.78. The summed E-state index contributed by atoms with van der Waals surface area (Å²) >= 11 is 0. The largest absolute Gasteiger partial charge is 0.478 e. The maximum Gasteiger partial charge on any atom is 0.337 e. The number of nitrogens with one attached hydrogen (secondary N) is 1. The van der Waals surface area contributed by atoms with E-state index in [2.05, 4.69) is 24.1 Å². The molecule has 0 spiro atoms. The Morgan fingerprint density at radius 2 is 2.15 bits per heavy atom. The van der Waals surface area contributed by atoms with E-state index in [1.54, 1.807) is 12.1 Å². The summed E-state index contributed by atoms with van der Waals surface area (Å²) in [4.78, 5) is 15.0. The number of hydrogen-bond donors (Lipinski definition) is 2. The smallest absolute Gasteiger partial charge is 0.337 e. The van der Waals surface area contributed by atoms with Crippen LogP contribution < -0.4 is 5.32 Å². The van der Waals surface area contributed by atoms with Crippen molar-refractivity contribution in [1.29, 1.82) is 0 Å². The van der Waals surface area contributed by atoms with Crippen LogP contribution in [0.2, 0.25) is 0 Å². The third kappa shape index (κ3) is 3.79. The van der Waals surface area contributed by atoms with E-state index in [0.717, 1.165) is 11.6 Å². The Bertz CT molecular complexity index is 442. The van der Waals surface area contributed by atoms with Crippen molar-refractivity contribution >= 4 is 5.97 Å². The van der Waals surface area contributed by atoms with Crippen LogP contribution in [-0.4, -0.2) is 22.1 Å². The zero-order valence-corrected chi connectivity index (χ0v) is 12.3. The summed E-state index contributed by atoms with van der Waals surface area (Å²) in [5.41, 5.74) is 1.15. The molecule has 1 aliphatic carbocycles. The summed E-state index contributed by atoms with van der Waals surface area (Å²) in [6.45, 7) is 5.31. The van der Waals surface area contributed by atoms with Crippen molar-refractivity contribution in [2.24, 2.45) is 11.8 Å². The van der Waals surface area contributed by atoms with Crippen LogP contribution in [0.25, 0.3) is 0 Å².